The summed E-state index contributed by atoms with van der Waals surface area (Å²) in [4.78, 5) is 23.9. The van der Waals surface area contributed by atoms with Gasteiger partial charge in [-0.05, 0) is 54.4 Å². The molecule has 146 valence electrons. The summed E-state index contributed by atoms with van der Waals surface area (Å²) in [6.45, 7) is 1.80. The first-order valence-corrected chi connectivity index (χ1v) is 9.30. The summed E-state index contributed by atoms with van der Waals surface area (Å²) in [5.74, 6) is -1.31. The number of ether oxygens (including phenoxy) is 1. The Balaban J connectivity index is 1.38. The van der Waals surface area contributed by atoms with Crippen LogP contribution < -0.4 is 5.32 Å². The molecule has 0 saturated heterocycles. The number of rotatable bonds is 6. The summed E-state index contributed by atoms with van der Waals surface area (Å²) in [5, 5.41) is 12.2. The molecule has 2 aromatic carbocycles. The second-order valence-corrected chi connectivity index (χ2v) is 8.11. The third-order valence-electron chi connectivity index (χ3n) is 6.19. The molecule has 5 nitrogen and oxygen atoms in total. The van der Waals surface area contributed by atoms with E-state index < -0.39 is 23.5 Å². The molecule has 1 amide bonds. The number of hydrogen-bond acceptors (Lipinski definition) is 3. The van der Waals surface area contributed by atoms with Crippen LogP contribution >= 0.6 is 0 Å². The van der Waals surface area contributed by atoms with Crippen LogP contribution in [0, 0.1) is 18.2 Å². The molecule has 0 aliphatic heterocycles. The summed E-state index contributed by atoms with van der Waals surface area (Å²) < 4.78 is 19.1. The molecule has 3 fully saturated rings. The van der Waals surface area contributed by atoms with Gasteiger partial charge in [0.05, 0.1) is 0 Å². The van der Waals surface area contributed by atoms with Gasteiger partial charge in [0.25, 0.3) is 0 Å². The third kappa shape index (κ3) is 3.03. The Labute approximate surface area is 162 Å². The van der Waals surface area contributed by atoms with Crippen LogP contribution in [0.5, 0.6) is 0 Å². The zero-order valence-electron chi connectivity index (χ0n) is 15.6. The number of amides is 1. The second kappa shape index (κ2) is 6.62. The van der Waals surface area contributed by atoms with E-state index in [1.54, 1.807) is 19.1 Å². The number of benzene rings is 2. The fraction of sp³-hybridized carbons (Fsp3) is 0.364. The molecule has 3 saturated carbocycles. The minimum Gasteiger partial charge on any atom is -0.480 e. The van der Waals surface area contributed by atoms with Crippen molar-refractivity contribution >= 4 is 12.1 Å². The average Bonchev–Trinajstić information content (AvgIpc) is 2.60. The maximum atomic E-state index is 13.9. The first-order chi connectivity index (χ1) is 13.3. The number of carbonyl (C=O) groups is 2. The molecule has 2 aromatic rings. The molecule has 2 N–H and O–H groups in total. The Bertz CT molecular complexity index is 908. The lowest BCUT2D eigenvalue weighted by Gasteiger charge is -2.72. The van der Waals surface area contributed by atoms with E-state index in [-0.39, 0.29) is 17.8 Å². The van der Waals surface area contributed by atoms with Crippen molar-refractivity contribution in [2.45, 2.75) is 44.2 Å². The summed E-state index contributed by atoms with van der Waals surface area (Å²) >= 11 is 0. The first kappa shape index (κ1) is 18.5. The van der Waals surface area contributed by atoms with Crippen molar-refractivity contribution in [1.82, 2.24) is 5.32 Å². The number of aryl methyl sites for hydroxylation is 1. The topological polar surface area (TPSA) is 75.6 Å². The lowest BCUT2D eigenvalue weighted by Crippen LogP contribution is -2.73. The highest BCUT2D eigenvalue weighted by Crippen LogP contribution is 2.75. The zero-order chi connectivity index (χ0) is 19.9. The van der Waals surface area contributed by atoms with Gasteiger partial charge in [-0.2, -0.15) is 0 Å². The quantitative estimate of drug-likeness (QED) is 0.792. The molecule has 3 aliphatic carbocycles. The molecule has 0 heterocycles. The Kier molecular flexibility index (Phi) is 4.37. The number of hydrogen-bond donors (Lipinski definition) is 2. The van der Waals surface area contributed by atoms with Crippen molar-refractivity contribution in [1.29, 1.82) is 0 Å². The first-order valence-electron chi connectivity index (χ1n) is 9.30. The highest BCUT2D eigenvalue weighted by molar-refractivity contribution is 5.82. The molecule has 2 bridgehead atoms. The molecule has 6 heteroatoms. The van der Waals surface area contributed by atoms with Gasteiger partial charge >= 0.3 is 12.1 Å². The molecule has 0 radical (unpaired) electrons. The van der Waals surface area contributed by atoms with E-state index in [1.807, 2.05) is 36.4 Å². The standard InChI is InChI=1S/C22H22FNO4/c1-14-7-8-16(9-17(14)23)21-11-22(12-21,13-21)18(19(25)26)24-20(27)28-10-15-5-3-2-4-6-15/h2-9,18H,10-13H2,1H3,(H,24,27)(H,25,26). The fourth-order valence-electron chi connectivity index (χ4n) is 4.76. The number of carboxylic acids is 1. The van der Waals surface area contributed by atoms with Gasteiger partial charge in [0.15, 0.2) is 0 Å². The number of nitrogens with one attached hydrogen (secondary N) is 1. The van der Waals surface area contributed by atoms with Crippen LogP contribution in [0.4, 0.5) is 9.18 Å². The van der Waals surface area contributed by atoms with Crippen LogP contribution in [-0.4, -0.2) is 23.2 Å². The van der Waals surface area contributed by atoms with Crippen molar-refractivity contribution < 1.29 is 23.8 Å². The van der Waals surface area contributed by atoms with Gasteiger partial charge in [-0.25, -0.2) is 14.0 Å². The molecular weight excluding hydrogens is 361 g/mol. The van der Waals surface area contributed by atoms with Crippen LogP contribution in [0.15, 0.2) is 48.5 Å². The van der Waals surface area contributed by atoms with Crippen LogP contribution in [0.1, 0.15) is 36.0 Å². The Morgan fingerprint density at radius 1 is 1.18 bits per heavy atom. The molecule has 1 atom stereocenters. The average molecular weight is 383 g/mol. The van der Waals surface area contributed by atoms with Gasteiger partial charge in [0.1, 0.15) is 18.5 Å². The predicted octanol–water partition coefficient (Wildman–Crippen LogP) is 3.94. The van der Waals surface area contributed by atoms with Crippen LogP contribution in [0.3, 0.4) is 0 Å². The SMILES string of the molecule is Cc1ccc(C23CC(C(NC(=O)OCc4ccccc4)C(=O)O)(C2)C3)cc1F. The molecular formula is C22H22FNO4. The summed E-state index contributed by atoms with van der Waals surface area (Å²) in [6, 6.07) is 13.4. The minimum absolute atomic E-state index is 0.0819. The Morgan fingerprint density at radius 2 is 1.86 bits per heavy atom. The van der Waals surface area contributed by atoms with Crippen LogP contribution in [0.2, 0.25) is 0 Å². The van der Waals surface area contributed by atoms with E-state index in [9.17, 15) is 19.1 Å². The number of alkyl carbamates (subject to hydrolysis) is 1. The van der Waals surface area contributed by atoms with E-state index in [0.717, 1.165) is 11.1 Å². The number of halogens is 1. The van der Waals surface area contributed by atoms with Crippen molar-refractivity contribution in [2.75, 3.05) is 0 Å². The maximum Gasteiger partial charge on any atom is 0.408 e. The summed E-state index contributed by atoms with van der Waals surface area (Å²) in [7, 11) is 0. The van der Waals surface area contributed by atoms with Gasteiger partial charge in [-0.1, -0.05) is 42.5 Å². The van der Waals surface area contributed by atoms with Gasteiger partial charge in [-0.3, -0.25) is 0 Å². The van der Waals surface area contributed by atoms with Crippen molar-refractivity contribution in [2.24, 2.45) is 5.41 Å². The highest BCUT2D eigenvalue weighted by atomic mass is 19.1. The smallest absolute Gasteiger partial charge is 0.408 e. The lowest BCUT2D eigenvalue weighted by atomic mass is 9.31. The molecule has 5 rings (SSSR count). The molecule has 28 heavy (non-hydrogen) atoms. The largest absolute Gasteiger partial charge is 0.480 e. The van der Waals surface area contributed by atoms with Gasteiger partial charge < -0.3 is 15.2 Å². The van der Waals surface area contributed by atoms with Gasteiger partial charge in [0.2, 0.25) is 0 Å². The van der Waals surface area contributed by atoms with Gasteiger partial charge in [-0.15, -0.1) is 0 Å². The maximum absolute atomic E-state index is 13.9. The molecule has 3 aliphatic rings. The summed E-state index contributed by atoms with van der Waals surface area (Å²) in [5.41, 5.74) is 1.68. The third-order valence-corrected chi connectivity index (χ3v) is 6.19. The number of aliphatic carboxylic acids is 1. The lowest BCUT2D eigenvalue weighted by molar-refractivity contribution is -0.183. The van der Waals surface area contributed by atoms with E-state index in [2.05, 4.69) is 5.32 Å². The van der Waals surface area contributed by atoms with Crippen molar-refractivity contribution in [3.05, 3.63) is 71.0 Å². The van der Waals surface area contributed by atoms with Crippen LogP contribution in [-0.2, 0) is 21.6 Å². The van der Waals surface area contributed by atoms with E-state index in [0.29, 0.717) is 24.8 Å². The minimum atomic E-state index is -1.07. The monoisotopic (exact) mass is 383 g/mol. The number of carbonyl (C=O) groups excluding carboxylic acids is 1. The molecule has 0 spiro atoms. The predicted molar refractivity (Wildman–Crippen MR) is 100 cm³/mol. The molecule has 1 unspecified atom stereocenters. The second-order valence-electron chi connectivity index (χ2n) is 8.11. The number of carboxylic acid groups (broad SMARTS) is 1. The summed E-state index contributed by atoms with van der Waals surface area (Å²) in [6.07, 6.45) is 1.13. The van der Waals surface area contributed by atoms with E-state index >= 15 is 0 Å². The Morgan fingerprint density at radius 3 is 2.46 bits per heavy atom. The van der Waals surface area contributed by atoms with E-state index in [4.69, 9.17) is 4.74 Å². The highest BCUT2D eigenvalue weighted by Gasteiger charge is 2.72. The van der Waals surface area contributed by atoms with Crippen LogP contribution in [0.25, 0.3) is 0 Å². The van der Waals surface area contributed by atoms with Crippen molar-refractivity contribution in [3.63, 3.8) is 0 Å². The molecule has 0 aromatic heterocycles. The fourth-order valence-corrected chi connectivity index (χ4v) is 4.76. The zero-order valence-corrected chi connectivity index (χ0v) is 15.6. The Hall–Kier alpha value is -2.89. The normalized spacial score (nSPS) is 25.8. The van der Waals surface area contributed by atoms with E-state index in [1.165, 1.54) is 0 Å². The van der Waals surface area contributed by atoms with Gasteiger partial charge in [0, 0.05) is 5.41 Å². The van der Waals surface area contributed by atoms with Crippen molar-refractivity contribution in [3.8, 4) is 0 Å².